The number of rotatable bonds is 4. The molecule has 0 saturated heterocycles. The van der Waals surface area contributed by atoms with Crippen LogP contribution >= 0.6 is 11.3 Å². The molecule has 0 bridgehead atoms. The number of allylic oxidation sites excluding steroid dienone is 3. The van der Waals surface area contributed by atoms with Crippen molar-refractivity contribution < 1.29 is 4.79 Å². The lowest BCUT2D eigenvalue weighted by Crippen LogP contribution is -2.06. The molecule has 2 rings (SSSR count). The number of nitrogens with zero attached hydrogens (tertiary/aromatic N) is 1. The summed E-state index contributed by atoms with van der Waals surface area (Å²) in [7, 11) is 0. The number of aryl methyl sites for hydroxylation is 1. The molecule has 0 saturated carbocycles. The van der Waals surface area contributed by atoms with Gasteiger partial charge in [0.15, 0.2) is 5.13 Å². The molecule has 0 atom stereocenters. The summed E-state index contributed by atoms with van der Waals surface area (Å²) in [6.07, 6.45) is 7.88. The summed E-state index contributed by atoms with van der Waals surface area (Å²) in [5, 5.41) is 3.41. The zero-order valence-corrected chi connectivity index (χ0v) is 11.8. The first-order valence-corrected chi connectivity index (χ1v) is 7.04. The molecule has 0 aliphatic rings. The number of carbonyl (C=O) groups is 1. The third-order valence-corrected chi connectivity index (χ3v) is 3.58. The molecular weight excluding hydrogens is 256 g/mol. The van der Waals surface area contributed by atoms with Crippen molar-refractivity contribution in [2.75, 3.05) is 5.32 Å². The lowest BCUT2D eigenvalue weighted by Gasteiger charge is -1.93. The van der Waals surface area contributed by atoms with Crippen LogP contribution in [0, 0.1) is 0 Å². The molecule has 0 radical (unpaired) electrons. The van der Waals surface area contributed by atoms with Crippen molar-refractivity contribution in [2.24, 2.45) is 0 Å². The lowest BCUT2D eigenvalue weighted by molar-refractivity contribution is -0.111. The second-order valence-corrected chi connectivity index (χ2v) is 5.08. The second kappa shape index (κ2) is 6.29. The Morgan fingerprint density at radius 2 is 2.26 bits per heavy atom. The molecule has 0 spiro atoms. The minimum absolute atomic E-state index is 0.159. The van der Waals surface area contributed by atoms with Crippen LogP contribution in [-0.4, -0.2) is 10.9 Å². The standard InChI is InChI=1S/C15H16N2OS/c1-3-5-6-7-14(18)17-15-16-12-9-8-11(4-2)10-13(12)19-15/h3,5-10H,4H2,1-2H3,(H,16,17,18)/b5-3+,7-6+. The summed E-state index contributed by atoms with van der Waals surface area (Å²) in [6.45, 7) is 4.03. The Hall–Kier alpha value is -1.94. The van der Waals surface area contributed by atoms with Crippen molar-refractivity contribution in [3.8, 4) is 0 Å². The summed E-state index contributed by atoms with van der Waals surface area (Å²) >= 11 is 1.50. The van der Waals surface area contributed by atoms with Crippen molar-refractivity contribution in [1.82, 2.24) is 4.98 Å². The van der Waals surface area contributed by atoms with Gasteiger partial charge in [0.1, 0.15) is 0 Å². The average molecular weight is 272 g/mol. The number of hydrogen-bond acceptors (Lipinski definition) is 3. The zero-order chi connectivity index (χ0) is 13.7. The van der Waals surface area contributed by atoms with Gasteiger partial charge in [-0.15, -0.1) is 0 Å². The number of thiazole rings is 1. The molecule has 0 unspecified atom stereocenters. The molecule has 1 aromatic carbocycles. The van der Waals surface area contributed by atoms with Crippen LogP contribution in [0.3, 0.4) is 0 Å². The molecule has 3 nitrogen and oxygen atoms in total. The largest absolute Gasteiger partial charge is 0.298 e. The molecule has 19 heavy (non-hydrogen) atoms. The fourth-order valence-corrected chi connectivity index (χ4v) is 2.58. The van der Waals surface area contributed by atoms with E-state index in [9.17, 15) is 4.79 Å². The van der Waals surface area contributed by atoms with E-state index in [2.05, 4.69) is 29.4 Å². The predicted molar refractivity (Wildman–Crippen MR) is 81.6 cm³/mol. The highest BCUT2D eigenvalue weighted by molar-refractivity contribution is 7.22. The van der Waals surface area contributed by atoms with Crippen LogP contribution in [0.15, 0.2) is 42.5 Å². The van der Waals surface area contributed by atoms with Gasteiger partial charge in [-0.05, 0) is 31.0 Å². The predicted octanol–water partition coefficient (Wildman–Crippen LogP) is 3.93. The first-order chi connectivity index (χ1) is 9.22. The van der Waals surface area contributed by atoms with Crippen LogP contribution in [0.5, 0.6) is 0 Å². The maximum atomic E-state index is 11.6. The van der Waals surface area contributed by atoms with Crippen LogP contribution in [-0.2, 0) is 11.2 Å². The lowest BCUT2D eigenvalue weighted by atomic mass is 10.2. The fraction of sp³-hybridized carbons (Fsp3) is 0.200. The Morgan fingerprint density at radius 1 is 1.42 bits per heavy atom. The van der Waals surface area contributed by atoms with Crippen molar-refractivity contribution in [3.05, 3.63) is 48.1 Å². The smallest absolute Gasteiger partial charge is 0.250 e. The van der Waals surface area contributed by atoms with E-state index in [1.165, 1.54) is 23.0 Å². The zero-order valence-electron chi connectivity index (χ0n) is 11.0. The van der Waals surface area contributed by atoms with Gasteiger partial charge in [-0.3, -0.25) is 10.1 Å². The number of hydrogen-bond donors (Lipinski definition) is 1. The van der Waals surface area contributed by atoms with Gasteiger partial charge in [0.25, 0.3) is 0 Å². The number of amides is 1. The number of fused-ring (bicyclic) bond motifs is 1. The van der Waals surface area contributed by atoms with Crippen molar-refractivity contribution in [2.45, 2.75) is 20.3 Å². The maximum Gasteiger partial charge on any atom is 0.250 e. The molecule has 1 aromatic heterocycles. The van der Waals surface area contributed by atoms with E-state index in [4.69, 9.17) is 0 Å². The van der Waals surface area contributed by atoms with Crippen LogP contribution in [0.1, 0.15) is 19.4 Å². The Labute approximate surface area is 116 Å². The molecule has 0 aliphatic heterocycles. The summed E-state index contributed by atoms with van der Waals surface area (Å²) in [4.78, 5) is 16.0. The van der Waals surface area contributed by atoms with E-state index in [0.29, 0.717) is 5.13 Å². The highest BCUT2D eigenvalue weighted by atomic mass is 32.1. The molecule has 4 heteroatoms. The molecule has 98 valence electrons. The number of carbonyl (C=O) groups excluding carboxylic acids is 1. The molecule has 1 heterocycles. The van der Waals surface area contributed by atoms with Crippen molar-refractivity contribution in [1.29, 1.82) is 0 Å². The number of aromatic nitrogens is 1. The summed E-state index contributed by atoms with van der Waals surface area (Å²) in [5.41, 5.74) is 2.21. The summed E-state index contributed by atoms with van der Waals surface area (Å²) in [5.74, 6) is -0.159. The van der Waals surface area contributed by atoms with Gasteiger partial charge in [-0.2, -0.15) is 0 Å². The number of anilines is 1. The monoisotopic (exact) mass is 272 g/mol. The number of nitrogens with one attached hydrogen (secondary N) is 1. The van der Waals surface area contributed by atoms with Crippen LogP contribution in [0.4, 0.5) is 5.13 Å². The molecule has 1 N–H and O–H groups in total. The van der Waals surface area contributed by atoms with Gasteiger partial charge in [0.05, 0.1) is 10.2 Å². The first kappa shape index (κ1) is 13.5. The molecule has 0 aliphatic carbocycles. The van der Waals surface area contributed by atoms with Gasteiger partial charge in [-0.25, -0.2) is 4.98 Å². The van der Waals surface area contributed by atoms with Gasteiger partial charge in [0.2, 0.25) is 5.91 Å². The normalized spacial score (nSPS) is 11.7. The Bertz CT molecular complexity index is 641. The molecule has 1 amide bonds. The molecular formula is C15H16N2OS. The molecule has 0 fully saturated rings. The van der Waals surface area contributed by atoms with Gasteiger partial charge >= 0.3 is 0 Å². The Morgan fingerprint density at radius 3 is 3.00 bits per heavy atom. The van der Waals surface area contributed by atoms with E-state index in [-0.39, 0.29) is 5.91 Å². The maximum absolute atomic E-state index is 11.6. The quantitative estimate of drug-likeness (QED) is 0.677. The SMILES string of the molecule is C/C=C/C=C/C(=O)Nc1nc2ccc(CC)cc2s1. The van der Waals surface area contributed by atoms with E-state index in [0.717, 1.165) is 16.6 Å². The van der Waals surface area contributed by atoms with E-state index >= 15 is 0 Å². The summed E-state index contributed by atoms with van der Waals surface area (Å²) < 4.78 is 1.10. The topological polar surface area (TPSA) is 42.0 Å². The Kier molecular flexibility index (Phi) is 4.47. The van der Waals surface area contributed by atoms with Gasteiger partial charge in [-0.1, -0.05) is 42.6 Å². The van der Waals surface area contributed by atoms with Crippen molar-refractivity contribution in [3.63, 3.8) is 0 Å². The van der Waals surface area contributed by atoms with Gasteiger partial charge < -0.3 is 0 Å². The second-order valence-electron chi connectivity index (χ2n) is 4.05. The van der Waals surface area contributed by atoms with Crippen LogP contribution < -0.4 is 5.32 Å². The number of benzene rings is 1. The van der Waals surface area contributed by atoms with E-state index < -0.39 is 0 Å². The van der Waals surface area contributed by atoms with Gasteiger partial charge in [0, 0.05) is 6.08 Å². The highest BCUT2D eigenvalue weighted by Gasteiger charge is 2.06. The van der Waals surface area contributed by atoms with E-state index in [1.54, 1.807) is 6.08 Å². The van der Waals surface area contributed by atoms with Crippen LogP contribution in [0.2, 0.25) is 0 Å². The van der Waals surface area contributed by atoms with Crippen LogP contribution in [0.25, 0.3) is 10.2 Å². The minimum Gasteiger partial charge on any atom is -0.298 e. The average Bonchev–Trinajstić information content (AvgIpc) is 2.79. The van der Waals surface area contributed by atoms with E-state index in [1.807, 2.05) is 25.1 Å². The summed E-state index contributed by atoms with van der Waals surface area (Å²) in [6, 6.07) is 6.19. The third kappa shape index (κ3) is 3.51. The van der Waals surface area contributed by atoms with Crippen molar-refractivity contribution >= 4 is 32.6 Å². The molecule has 2 aromatic rings. The first-order valence-electron chi connectivity index (χ1n) is 6.22. The highest BCUT2D eigenvalue weighted by Crippen LogP contribution is 2.26. The fourth-order valence-electron chi connectivity index (χ4n) is 1.64. The minimum atomic E-state index is -0.159. The Balaban J connectivity index is 2.15. The third-order valence-electron chi connectivity index (χ3n) is 2.64.